The number of rotatable bonds is 3. The molecule has 2 N–H and O–H groups in total. The van der Waals surface area contributed by atoms with Gasteiger partial charge in [0.2, 0.25) is 0 Å². The number of aromatic hydroxyl groups is 2. The van der Waals surface area contributed by atoms with E-state index in [1.54, 1.807) is 12.1 Å². The number of hydrogen-bond acceptors (Lipinski definition) is 3. The molecule has 0 aromatic heterocycles. The van der Waals surface area contributed by atoms with Gasteiger partial charge in [-0.1, -0.05) is 38.1 Å². The Labute approximate surface area is 131 Å². The van der Waals surface area contributed by atoms with Gasteiger partial charge in [-0.05, 0) is 46.7 Å². The molecule has 0 bridgehead atoms. The summed E-state index contributed by atoms with van der Waals surface area (Å²) in [6.07, 6.45) is 1.08. The van der Waals surface area contributed by atoms with Gasteiger partial charge in [0.1, 0.15) is 0 Å². The largest absolute Gasteiger partial charge is 0.504 e. The molecular weight excluding hydrogens is 274 g/mol. The van der Waals surface area contributed by atoms with Gasteiger partial charge < -0.3 is 10.2 Å². The normalized spacial score (nSPS) is 15.0. The average molecular weight is 297 g/mol. The minimum absolute atomic E-state index is 0.0444. The van der Waals surface area contributed by atoms with Crippen LogP contribution in [0.4, 0.5) is 0 Å². The van der Waals surface area contributed by atoms with Crippen molar-refractivity contribution in [2.24, 2.45) is 0 Å². The van der Waals surface area contributed by atoms with Crippen LogP contribution in [0.25, 0.3) is 0 Å². The molecule has 1 heterocycles. The standard InChI is InChI=1S/C19H23NO2/c1-13(2)16-5-3-4-15-12-20(9-8-17(15)16)11-14-6-7-18(21)19(22)10-14/h3-7,10,13,21-22H,8-9,11-12H2,1-2H3. The highest BCUT2D eigenvalue weighted by Gasteiger charge is 2.19. The van der Waals surface area contributed by atoms with Gasteiger partial charge >= 0.3 is 0 Å². The van der Waals surface area contributed by atoms with E-state index >= 15 is 0 Å². The predicted octanol–water partition coefficient (Wildman–Crippen LogP) is 3.78. The summed E-state index contributed by atoms with van der Waals surface area (Å²) in [6.45, 7) is 7.26. The van der Waals surface area contributed by atoms with Crippen LogP contribution < -0.4 is 0 Å². The molecule has 0 saturated heterocycles. The topological polar surface area (TPSA) is 43.7 Å². The SMILES string of the molecule is CC(C)c1cccc2c1CCN(Cc1ccc(O)c(O)c1)C2. The molecule has 0 amide bonds. The first kappa shape index (κ1) is 14.9. The second-order valence-corrected chi connectivity index (χ2v) is 6.42. The van der Waals surface area contributed by atoms with Crippen LogP contribution >= 0.6 is 0 Å². The van der Waals surface area contributed by atoms with Gasteiger partial charge in [-0.2, -0.15) is 0 Å². The lowest BCUT2D eigenvalue weighted by Gasteiger charge is -2.31. The Kier molecular flexibility index (Phi) is 4.08. The number of phenols is 2. The Balaban J connectivity index is 1.77. The van der Waals surface area contributed by atoms with E-state index in [1.165, 1.54) is 16.7 Å². The van der Waals surface area contributed by atoms with Crippen molar-refractivity contribution < 1.29 is 10.2 Å². The Morgan fingerprint density at radius 1 is 1.09 bits per heavy atom. The van der Waals surface area contributed by atoms with Crippen LogP contribution in [0.15, 0.2) is 36.4 Å². The molecular formula is C19H23NO2. The van der Waals surface area contributed by atoms with E-state index in [0.29, 0.717) is 5.92 Å². The molecule has 0 fully saturated rings. The molecule has 0 unspecified atom stereocenters. The quantitative estimate of drug-likeness (QED) is 0.847. The summed E-state index contributed by atoms with van der Waals surface area (Å²) >= 11 is 0. The highest BCUT2D eigenvalue weighted by Crippen LogP contribution is 2.29. The van der Waals surface area contributed by atoms with Gasteiger partial charge in [0.05, 0.1) is 0 Å². The summed E-state index contributed by atoms with van der Waals surface area (Å²) in [5.41, 5.74) is 5.43. The second kappa shape index (κ2) is 6.01. The van der Waals surface area contributed by atoms with Crippen molar-refractivity contribution in [1.29, 1.82) is 0 Å². The van der Waals surface area contributed by atoms with Crippen LogP contribution in [-0.2, 0) is 19.5 Å². The van der Waals surface area contributed by atoms with E-state index in [2.05, 4.69) is 36.9 Å². The highest BCUT2D eigenvalue weighted by molar-refractivity contribution is 5.41. The monoisotopic (exact) mass is 297 g/mol. The Morgan fingerprint density at radius 3 is 2.64 bits per heavy atom. The maximum absolute atomic E-state index is 9.62. The molecule has 22 heavy (non-hydrogen) atoms. The van der Waals surface area contributed by atoms with Crippen molar-refractivity contribution in [2.45, 2.75) is 39.3 Å². The lowest BCUT2D eigenvalue weighted by Crippen LogP contribution is -2.30. The molecule has 3 nitrogen and oxygen atoms in total. The van der Waals surface area contributed by atoms with Crippen molar-refractivity contribution in [3.8, 4) is 11.5 Å². The first-order valence-electron chi connectivity index (χ1n) is 7.88. The lowest BCUT2D eigenvalue weighted by atomic mass is 9.89. The van der Waals surface area contributed by atoms with Crippen LogP contribution in [0.2, 0.25) is 0 Å². The van der Waals surface area contributed by atoms with Gasteiger partial charge in [-0.3, -0.25) is 4.90 Å². The van der Waals surface area contributed by atoms with Crippen LogP contribution in [-0.4, -0.2) is 21.7 Å². The third-order valence-corrected chi connectivity index (χ3v) is 4.45. The number of hydrogen-bond donors (Lipinski definition) is 2. The smallest absolute Gasteiger partial charge is 0.157 e. The van der Waals surface area contributed by atoms with Gasteiger partial charge in [0.25, 0.3) is 0 Å². The summed E-state index contributed by atoms with van der Waals surface area (Å²) in [4.78, 5) is 2.39. The minimum atomic E-state index is -0.0608. The molecule has 0 radical (unpaired) electrons. The van der Waals surface area contributed by atoms with Gasteiger partial charge in [0, 0.05) is 19.6 Å². The first-order valence-corrected chi connectivity index (χ1v) is 7.88. The number of nitrogens with zero attached hydrogens (tertiary/aromatic N) is 1. The number of fused-ring (bicyclic) bond motifs is 1. The Hall–Kier alpha value is -2.00. The van der Waals surface area contributed by atoms with Crippen LogP contribution in [0.1, 0.15) is 42.0 Å². The molecule has 0 atom stereocenters. The third-order valence-electron chi connectivity index (χ3n) is 4.45. The predicted molar refractivity (Wildman–Crippen MR) is 88.1 cm³/mol. The van der Waals surface area contributed by atoms with Gasteiger partial charge in [-0.15, -0.1) is 0 Å². The molecule has 1 aliphatic heterocycles. The highest BCUT2D eigenvalue weighted by atomic mass is 16.3. The van der Waals surface area contributed by atoms with Gasteiger partial charge in [0.15, 0.2) is 11.5 Å². The zero-order valence-corrected chi connectivity index (χ0v) is 13.2. The van der Waals surface area contributed by atoms with Crippen molar-refractivity contribution in [3.05, 3.63) is 58.7 Å². The van der Waals surface area contributed by atoms with Crippen LogP contribution in [0.5, 0.6) is 11.5 Å². The molecule has 0 spiro atoms. The van der Waals surface area contributed by atoms with Gasteiger partial charge in [-0.25, -0.2) is 0 Å². The fraction of sp³-hybridized carbons (Fsp3) is 0.368. The molecule has 3 rings (SSSR count). The summed E-state index contributed by atoms with van der Waals surface area (Å²) < 4.78 is 0. The fourth-order valence-corrected chi connectivity index (χ4v) is 3.30. The molecule has 3 heteroatoms. The zero-order valence-electron chi connectivity index (χ0n) is 13.2. The summed E-state index contributed by atoms with van der Waals surface area (Å²) in [7, 11) is 0. The second-order valence-electron chi connectivity index (χ2n) is 6.42. The molecule has 2 aromatic carbocycles. The van der Waals surface area contributed by atoms with Crippen LogP contribution in [0, 0.1) is 0 Å². The maximum Gasteiger partial charge on any atom is 0.157 e. The van der Waals surface area contributed by atoms with Crippen molar-refractivity contribution >= 4 is 0 Å². The van der Waals surface area contributed by atoms with Crippen molar-refractivity contribution in [2.75, 3.05) is 6.54 Å². The van der Waals surface area contributed by atoms with E-state index in [-0.39, 0.29) is 11.5 Å². The Morgan fingerprint density at radius 2 is 1.91 bits per heavy atom. The molecule has 1 aliphatic rings. The van der Waals surface area contributed by atoms with Crippen LogP contribution in [0.3, 0.4) is 0 Å². The number of benzene rings is 2. The zero-order chi connectivity index (χ0) is 15.7. The molecule has 0 aliphatic carbocycles. The fourth-order valence-electron chi connectivity index (χ4n) is 3.30. The molecule has 116 valence electrons. The van der Waals surface area contributed by atoms with E-state index in [0.717, 1.165) is 31.6 Å². The average Bonchev–Trinajstić information content (AvgIpc) is 2.50. The Bertz CT molecular complexity index is 679. The lowest BCUT2D eigenvalue weighted by molar-refractivity contribution is 0.244. The van der Waals surface area contributed by atoms with E-state index in [9.17, 15) is 10.2 Å². The summed E-state index contributed by atoms with van der Waals surface area (Å²) in [5.74, 6) is 0.460. The summed E-state index contributed by atoms with van der Waals surface area (Å²) in [6, 6.07) is 11.7. The van der Waals surface area contributed by atoms with Crippen molar-refractivity contribution in [1.82, 2.24) is 4.90 Å². The van der Waals surface area contributed by atoms with E-state index in [4.69, 9.17) is 0 Å². The third kappa shape index (κ3) is 2.95. The minimum Gasteiger partial charge on any atom is -0.504 e. The van der Waals surface area contributed by atoms with E-state index < -0.39 is 0 Å². The van der Waals surface area contributed by atoms with Crippen molar-refractivity contribution in [3.63, 3.8) is 0 Å². The molecule has 0 saturated carbocycles. The molecule has 2 aromatic rings. The number of phenolic OH excluding ortho intramolecular Hbond substituents is 2. The van der Waals surface area contributed by atoms with E-state index in [1.807, 2.05) is 6.07 Å². The first-order chi connectivity index (χ1) is 10.5. The summed E-state index contributed by atoms with van der Waals surface area (Å²) in [5, 5.41) is 19.0. The maximum atomic E-state index is 9.62.